The van der Waals surface area contributed by atoms with Crippen LogP contribution in [0.25, 0.3) is 0 Å². The Bertz CT molecular complexity index is 447. The molecule has 0 bridgehead atoms. The van der Waals surface area contributed by atoms with E-state index in [0.29, 0.717) is 0 Å². The van der Waals surface area contributed by atoms with Crippen LogP contribution in [0.15, 0.2) is 17.6 Å². The molecule has 2 aromatic heterocycles. The molecule has 2 rings (SSSR count). The quantitative estimate of drug-likeness (QED) is 0.811. The predicted molar refractivity (Wildman–Crippen MR) is 65.5 cm³/mol. The standard InChI is InChI=1S/C10H12BrN3S/c1-7-3-9(6-15-7)4-14-5-10(8(2)11)12-13-14/h3,5-6,8H,4H2,1-2H3. The fraction of sp³-hybridized carbons (Fsp3) is 0.400. The van der Waals surface area contributed by atoms with Crippen LogP contribution in [0, 0.1) is 6.92 Å². The average Bonchev–Trinajstić information content (AvgIpc) is 2.76. The van der Waals surface area contributed by atoms with E-state index in [1.165, 1.54) is 10.4 Å². The first kappa shape index (κ1) is 10.8. The van der Waals surface area contributed by atoms with Crippen molar-refractivity contribution in [1.82, 2.24) is 15.0 Å². The number of halogens is 1. The van der Waals surface area contributed by atoms with E-state index in [1.54, 1.807) is 11.3 Å². The monoisotopic (exact) mass is 285 g/mol. The summed E-state index contributed by atoms with van der Waals surface area (Å²) in [4.78, 5) is 1.59. The van der Waals surface area contributed by atoms with E-state index < -0.39 is 0 Å². The average molecular weight is 286 g/mol. The molecule has 1 unspecified atom stereocenters. The maximum absolute atomic E-state index is 4.09. The van der Waals surface area contributed by atoms with Gasteiger partial charge in [-0.1, -0.05) is 21.1 Å². The zero-order valence-electron chi connectivity index (χ0n) is 8.64. The number of thiophene rings is 1. The fourth-order valence-corrected chi connectivity index (χ4v) is 2.25. The fourth-order valence-electron chi connectivity index (χ4n) is 1.34. The lowest BCUT2D eigenvalue weighted by molar-refractivity contribution is 0.650. The Morgan fingerprint density at radius 3 is 2.93 bits per heavy atom. The van der Waals surface area contributed by atoms with E-state index in [4.69, 9.17) is 0 Å². The van der Waals surface area contributed by atoms with Gasteiger partial charge in [-0.05, 0) is 30.9 Å². The third kappa shape index (κ3) is 2.66. The molecule has 0 aromatic carbocycles. The number of alkyl halides is 1. The smallest absolute Gasteiger partial charge is 0.0960 e. The largest absolute Gasteiger partial charge is 0.248 e. The van der Waals surface area contributed by atoms with E-state index in [-0.39, 0.29) is 4.83 Å². The van der Waals surface area contributed by atoms with Crippen molar-refractivity contribution in [3.05, 3.63) is 33.8 Å². The van der Waals surface area contributed by atoms with E-state index in [1.807, 2.05) is 17.8 Å². The van der Waals surface area contributed by atoms with Gasteiger partial charge in [0, 0.05) is 11.1 Å². The van der Waals surface area contributed by atoms with Gasteiger partial charge in [0.05, 0.1) is 17.1 Å². The van der Waals surface area contributed by atoms with Crippen molar-refractivity contribution >= 4 is 27.3 Å². The summed E-state index contributed by atoms with van der Waals surface area (Å²) in [7, 11) is 0. The number of hydrogen-bond acceptors (Lipinski definition) is 3. The van der Waals surface area contributed by atoms with E-state index in [0.717, 1.165) is 12.2 Å². The first-order chi connectivity index (χ1) is 7.15. The van der Waals surface area contributed by atoms with Crippen LogP contribution in [0.4, 0.5) is 0 Å². The van der Waals surface area contributed by atoms with Gasteiger partial charge in [0.25, 0.3) is 0 Å². The Morgan fingerprint density at radius 2 is 2.40 bits per heavy atom. The number of aryl methyl sites for hydroxylation is 1. The van der Waals surface area contributed by atoms with Crippen molar-refractivity contribution in [2.75, 3.05) is 0 Å². The molecule has 3 nitrogen and oxygen atoms in total. The molecule has 0 aliphatic carbocycles. The Hall–Kier alpha value is -0.680. The van der Waals surface area contributed by atoms with Crippen LogP contribution in [-0.2, 0) is 6.54 Å². The summed E-state index contributed by atoms with van der Waals surface area (Å²) in [5, 5.41) is 10.3. The second-order valence-corrected chi connectivity index (χ2v) is 6.01. The molecular weight excluding hydrogens is 274 g/mol. The van der Waals surface area contributed by atoms with Gasteiger partial charge < -0.3 is 0 Å². The lowest BCUT2D eigenvalue weighted by atomic mass is 10.3. The Kier molecular flexibility index (Phi) is 3.21. The highest BCUT2D eigenvalue weighted by Gasteiger charge is 2.06. The predicted octanol–water partition coefficient (Wildman–Crippen LogP) is 3.15. The molecule has 1 atom stereocenters. The van der Waals surface area contributed by atoms with E-state index in [2.05, 4.69) is 44.6 Å². The summed E-state index contributed by atoms with van der Waals surface area (Å²) in [6.07, 6.45) is 1.98. The second kappa shape index (κ2) is 4.45. The van der Waals surface area contributed by atoms with Gasteiger partial charge in [0.2, 0.25) is 0 Å². The zero-order valence-corrected chi connectivity index (χ0v) is 11.0. The van der Waals surface area contributed by atoms with Crippen LogP contribution < -0.4 is 0 Å². The van der Waals surface area contributed by atoms with Crippen LogP contribution >= 0.6 is 27.3 Å². The van der Waals surface area contributed by atoms with Crippen LogP contribution in [-0.4, -0.2) is 15.0 Å². The molecular formula is C10H12BrN3S. The van der Waals surface area contributed by atoms with E-state index >= 15 is 0 Å². The third-order valence-corrected chi connectivity index (χ3v) is 3.47. The minimum Gasteiger partial charge on any atom is -0.248 e. The number of rotatable bonds is 3. The Balaban J connectivity index is 2.11. The summed E-state index contributed by atoms with van der Waals surface area (Å²) in [6, 6.07) is 2.18. The van der Waals surface area contributed by atoms with Gasteiger partial charge >= 0.3 is 0 Å². The van der Waals surface area contributed by atoms with Gasteiger partial charge in [-0.25, -0.2) is 4.68 Å². The second-order valence-electron chi connectivity index (χ2n) is 3.52. The summed E-state index contributed by atoms with van der Waals surface area (Å²) >= 11 is 5.24. The van der Waals surface area contributed by atoms with Crippen molar-refractivity contribution in [1.29, 1.82) is 0 Å². The van der Waals surface area contributed by atoms with Gasteiger partial charge in [-0.3, -0.25) is 0 Å². The van der Waals surface area contributed by atoms with Gasteiger partial charge in [-0.2, -0.15) is 0 Å². The minimum atomic E-state index is 0.260. The molecule has 0 aliphatic heterocycles. The number of aromatic nitrogens is 3. The molecule has 80 valence electrons. The highest BCUT2D eigenvalue weighted by Crippen LogP contribution is 2.19. The summed E-state index contributed by atoms with van der Waals surface area (Å²) in [5.74, 6) is 0. The third-order valence-electron chi connectivity index (χ3n) is 2.09. The maximum atomic E-state index is 4.09. The molecule has 5 heteroatoms. The van der Waals surface area contributed by atoms with Gasteiger partial charge in [-0.15, -0.1) is 16.4 Å². The Morgan fingerprint density at radius 1 is 1.60 bits per heavy atom. The van der Waals surface area contributed by atoms with Crippen molar-refractivity contribution in [2.24, 2.45) is 0 Å². The molecule has 0 saturated carbocycles. The van der Waals surface area contributed by atoms with Crippen LogP contribution in [0.2, 0.25) is 0 Å². The number of hydrogen-bond donors (Lipinski definition) is 0. The Labute approximate surface area is 101 Å². The van der Waals surface area contributed by atoms with Crippen molar-refractivity contribution < 1.29 is 0 Å². The first-order valence-electron chi connectivity index (χ1n) is 4.73. The highest BCUT2D eigenvalue weighted by atomic mass is 79.9. The summed E-state index contributed by atoms with van der Waals surface area (Å²) < 4.78 is 1.87. The molecule has 0 amide bonds. The molecule has 0 fully saturated rings. The van der Waals surface area contributed by atoms with Crippen molar-refractivity contribution in [3.8, 4) is 0 Å². The van der Waals surface area contributed by atoms with Crippen molar-refractivity contribution in [2.45, 2.75) is 25.2 Å². The number of nitrogens with zero attached hydrogens (tertiary/aromatic N) is 3. The van der Waals surface area contributed by atoms with Crippen LogP contribution in [0.3, 0.4) is 0 Å². The van der Waals surface area contributed by atoms with Crippen LogP contribution in [0.5, 0.6) is 0 Å². The molecule has 2 aromatic rings. The minimum absolute atomic E-state index is 0.260. The zero-order chi connectivity index (χ0) is 10.8. The van der Waals surface area contributed by atoms with Crippen LogP contribution in [0.1, 0.15) is 27.9 Å². The highest BCUT2D eigenvalue weighted by molar-refractivity contribution is 9.09. The molecule has 0 saturated heterocycles. The molecule has 0 N–H and O–H groups in total. The van der Waals surface area contributed by atoms with Gasteiger partial charge in [0.15, 0.2) is 0 Å². The normalized spacial score (nSPS) is 13.0. The summed E-state index contributed by atoms with van der Waals surface area (Å²) in [6.45, 7) is 4.96. The molecule has 2 heterocycles. The summed E-state index contributed by atoms with van der Waals surface area (Å²) in [5.41, 5.74) is 2.26. The van der Waals surface area contributed by atoms with Crippen molar-refractivity contribution in [3.63, 3.8) is 0 Å². The first-order valence-corrected chi connectivity index (χ1v) is 6.53. The van der Waals surface area contributed by atoms with Gasteiger partial charge in [0.1, 0.15) is 0 Å². The van der Waals surface area contributed by atoms with E-state index in [9.17, 15) is 0 Å². The maximum Gasteiger partial charge on any atom is 0.0960 e. The molecule has 15 heavy (non-hydrogen) atoms. The SMILES string of the molecule is Cc1cc(Cn2cc(C(C)Br)nn2)cs1. The molecule has 0 spiro atoms. The topological polar surface area (TPSA) is 30.7 Å². The lowest BCUT2D eigenvalue weighted by Gasteiger charge is -1.96. The molecule has 0 radical (unpaired) electrons. The lowest BCUT2D eigenvalue weighted by Crippen LogP contribution is -1.98. The molecule has 0 aliphatic rings.